The van der Waals surface area contributed by atoms with Crippen LogP contribution in [-0.2, 0) is 11.3 Å². The van der Waals surface area contributed by atoms with Gasteiger partial charge in [-0.05, 0) is 67.9 Å². The Morgan fingerprint density at radius 2 is 1.62 bits per heavy atom. The van der Waals surface area contributed by atoms with Crippen LogP contribution in [0.2, 0.25) is 10.0 Å². The molecule has 0 radical (unpaired) electrons. The molecule has 1 atom stereocenters. The van der Waals surface area contributed by atoms with Gasteiger partial charge in [-0.1, -0.05) is 59.6 Å². The van der Waals surface area contributed by atoms with Crippen LogP contribution in [0, 0.1) is 0 Å². The third-order valence-corrected chi connectivity index (χ3v) is 5.78. The molecule has 1 unspecified atom stereocenters. The molecule has 1 aliphatic heterocycles. The third kappa shape index (κ3) is 5.64. The number of hydroxylamine groups is 1. The number of ether oxygens (including phenoxy) is 1. The Bertz CT molecular complexity index is 1030. The Hall–Kier alpha value is -2.50. The van der Waals surface area contributed by atoms with E-state index in [-0.39, 0.29) is 6.10 Å². The highest BCUT2D eigenvalue weighted by molar-refractivity contribution is 6.37. The number of nitrogens with one attached hydrogen (secondary N) is 1. The van der Waals surface area contributed by atoms with Gasteiger partial charge in [0, 0.05) is 12.1 Å². The van der Waals surface area contributed by atoms with Crippen LogP contribution in [0.4, 0.5) is 5.69 Å². The average molecular weight is 469 g/mol. The highest BCUT2D eigenvalue weighted by atomic mass is 35.5. The molecule has 0 saturated carbocycles. The summed E-state index contributed by atoms with van der Waals surface area (Å²) in [6.07, 6.45) is 2.89. The van der Waals surface area contributed by atoms with Crippen LogP contribution in [-0.4, -0.2) is 25.8 Å². The topological polar surface area (TPSA) is 33.7 Å². The van der Waals surface area contributed by atoms with E-state index >= 15 is 0 Å². The van der Waals surface area contributed by atoms with Crippen LogP contribution < -0.4 is 15.1 Å². The van der Waals surface area contributed by atoms with Crippen LogP contribution in [0.3, 0.4) is 0 Å². The zero-order chi connectivity index (χ0) is 22.3. The summed E-state index contributed by atoms with van der Waals surface area (Å²) in [5.74, 6) is 0.898. The fourth-order valence-corrected chi connectivity index (χ4v) is 4.18. The van der Waals surface area contributed by atoms with Gasteiger partial charge in [0.2, 0.25) is 0 Å². The van der Waals surface area contributed by atoms with Crippen molar-refractivity contribution in [2.24, 2.45) is 0 Å². The average Bonchev–Trinajstić information content (AvgIpc) is 3.18. The molecular weight excluding hydrogens is 443 g/mol. The van der Waals surface area contributed by atoms with Crippen LogP contribution >= 0.6 is 23.2 Å². The second-order valence-corrected chi connectivity index (χ2v) is 8.40. The van der Waals surface area contributed by atoms with Gasteiger partial charge in [0.1, 0.15) is 18.5 Å². The Morgan fingerprint density at radius 3 is 2.34 bits per heavy atom. The SMILES string of the molecule is CC1C=C(c2c(Cl)cccc2Cl)N(c2ccc(CCNCCOc3ccccc3)cc2)O1. The maximum atomic E-state index is 6.44. The molecule has 0 aromatic heterocycles. The first kappa shape index (κ1) is 22.7. The van der Waals surface area contributed by atoms with E-state index in [0.717, 1.165) is 42.2 Å². The fourth-order valence-electron chi connectivity index (χ4n) is 3.58. The summed E-state index contributed by atoms with van der Waals surface area (Å²) in [7, 11) is 0. The lowest BCUT2D eigenvalue weighted by Crippen LogP contribution is -2.23. The van der Waals surface area contributed by atoms with Crippen molar-refractivity contribution in [1.82, 2.24) is 5.32 Å². The molecule has 6 heteroatoms. The van der Waals surface area contributed by atoms with Gasteiger partial charge in [-0.25, -0.2) is 5.06 Å². The molecule has 0 fully saturated rings. The van der Waals surface area contributed by atoms with Gasteiger partial charge in [-0.3, -0.25) is 4.84 Å². The van der Waals surface area contributed by atoms with Crippen molar-refractivity contribution in [3.8, 4) is 5.75 Å². The number of benzene rings is 3. The standard InChI is InChI=1S/C26H26Cl2N2O2/c1-19-18-25(26-23(27)8-5-9-24(26)28)30(32-19)21-12-10-20(11-13-21)14-15-29-16-17-31-22-6-3-2-4-7-22/h2-13,18-19,29H,14-17H2,1H3. The van der Waals surface area contributed by atoms with Gasteiger partial charge in [0.25, 0.3) is 0 Å². The third-order valence-electron chi connectivity index (χ3n) is 5.15. The van der Waals surface area contributed by atoms with Crippen molar-refractivity contribution in [3.05, 3.63) is 100 Å². The van der Waals surface area contributed by atoms with Crippen molar-refractivity contribution >= 4 is 34.6 Å². The second-order valence-electron chi connectivity index (χ2n) is 7.58. The number of rotatable bonds is 9. The monoisotopic (exact) mass is 468 g/mol. The van der Waals surface area contributed by atoms with Crippen molar-refractivity contribution in [2.45, 2.75) is 19.4 Å². The molecule has 0 amide bonds. The lowest BCUT2D eigenvalue weighted by Gasteiger charge is -2.23. The molecule has 1 heterocycles. The molecule has 0 aliphatic carbocycles. The second kappa shape index (κ2) is 10.9. The van der Waals surface area contributed by atoms with Crippen LogP contribution in [0.25, 0.3) is 5.70 Å². The Labute approximate surface area is 199 Å². The minimum absolute atomic E-state index is 0.0701. The van der Waals surface area contributed by atoms with Gasteiger partial charge in [-0.2, -0.15) is 0 Å². The van der Waals surface area contributed by atoms with Crippen molar-refractivity contribution in [2.75, 3.05) is 24.8 Å². The molecule has 3 aromatic rings. The Kier molecular flexibility index (Phi) is 7.72. The first-order valence-electron chi connectivity index (χ1n) is 10.7. The molecule has 1 N–H and O–H groups in total. The molecule has 0 spiro atoms. The van der Waals surface area contributed by atoms with Gasteiger partial charge in [0.05, 0.1) is 21.4 Å². The Balaban J connectivity index is 1.31. The number of para-hydroxylation sites is 1. The summed E-state index contributed by atoms with van der Waals surface area (Å²) in [5, 5.41) is 6.43. The highest BCUT2D eigenvalue weighted by Gasteiger charge is 2.27. The lowest BCUT2D eigenvalue weighted by atomic mass is 10.1. The molecule has 4 nitrogen and oxygen atoms in total. The number of anilines is 1. The van der Waals surface area contributed by atoms with Crippen molar-refractivity contribution in [1.29, 1.82) is 0 Å². The van der Waals surface area contributed by atoms with Gasteiger partial charge in [-0.15, -0.1) is 0 Å². The molecular formula is C26H26Cl2N2O2. The van der Waals surface area contributed by atoms with Crippen LogP contribution in [0.5, 0.6) is 5.75 Å². The minimum atomic E-state index is -0.0701. The molecule has 32 heavy (non-hydrogen) atoms. The van der Waals surface area contributed by atoms with E-state index in [4.69, 9.17) is 32.8 Å². The largest absolute Gasteiger partial charge is 0.492 e. The Morgan fingerprint density at radius 1 is 0.906 bits per heavy atom. The van der Waals surface area contributed by atoms with Gasteiger partial charge >= 0.3 is 0 Å². The summed E-state index contributed by atoms with van der Waals surface area (Å²) in [6.45, 7) is 4.33. The minimum Gasteiger partial charge on any atom is -0.492 e. The number of nitrogens with zero attached hydrogens (tertiary/aromatic N) is 1. The summed E-state index contributed by atoms with van der Waals surface area (Å²) in [6, 6.07) is 23.7. The van der Waals surface area contributed by atoms with Gasteiger partial charge in [0.15, 0.2) is 0 Å². The summed E-state index contributed by atoms with van der Waals surface area (Å²) in [5.41, 5.74) is 3.83. The van der Waals surface area contributed by atoms with E-state index in [2.05, 4.69) is 29.6 Å². The zero-order valence-electron chi connectivity index (χ0n) is 17.9. The number of hydrogen-bond donors (Lipinski definition) is 1. The summed E-state index contributed by atoms with van der Waals surface area (Å²) >= 11 is 12.9. The van der Waals surface area contributed by atoms with Crippen LogP contribution in [0.1, 0.15) is 18.1 Å². The lowest BCUT2D eigenvalue weighted by molar-refractivity contribution is 0.118. The van der Waals surface area contributed by atoms with E-state index in [1.54, 1.807) is 5.06 Å². The molecule has 0 bridgehead atoms. The van der Waals surface area contributed by atoms with Gasteiger partial charge < -0.3 is 10.1 Å². The first-order valence-corrected chi connectivity index (χ1v) is 11.5. The van der Waals surface area contributed by atoms with E-state index < -0.39 is 0 Å². The van der Waals surface area contributed by atoms with E-state index in [1.165, 1.54) is 5.56 Å². The highest BCUT2D eigenvalue weighted by Crippen LogP contribution is 2.39. The predicted molar refractivity (Wildman–Crippen MR) is 132 cm³/mol. The molecule has 166 valence electrons. The van der Waals surface area contributed by atoms with E-state index in [1.807, 2.05) is 61.5 Å². The fraction of sp³-hybridized carbons (Fsp3) is 0.231. The molecule has 1 aliphatic rings. The van der Waals surface area contributed by atoms with Crippen LogP contribution in [0.15, 0.2) is 78.9 Å². The predicted octanol–water partition coefficient (Wildman–Crippen LogP) is 6.39. The van der Waals surface area contributed by atoms with Crippen molar-refractivity contribution < 1.29 is 9.57 Å². The normalized spacial score (nSPS) is 15.7. The number of halogens is 2. The smallest absolute Gasteiger partial charge is 0.119 e. The summed E-state index contributed by atoms with van der Waals surface area (Å²) in [4.78, 5) is 6.02. The zero-order valence-corrected chi connectivity index (χ0v) is 19.4. The van der Waals surface area contributed by atoms with Crippen molar-refractivity contribution in [3.63, 3.8) is 0 Å². The molecule has 0 saturated heterocycles. The number of hydrogen-bond acceptors (Lipinski definition) is 4. The van der Waals surface area contributed by atoms with E-state index in [0.29, 0.717) is 16.7 Å². The molecule has 4 rings (SSSR count). The maximum Gasteiger partial charge on any atom is 0.119 e. The molecule has 3 aromatic carbocycles. The maximum absolute atomic E-state index is 6.44. The first-order chi connectivity index (χ1) is 15.6. The quantitative estimate of drug-likeness (QED) is 0.369. The van der Waals surface area contributed by atoms with E-state index in [9.17, 15) is 0 Å². The summed E-state index contributed by atoms with van der Waals surface area (Å²) < 4.78 is 5.70.